The van der Waals surface area contributed by atoms with Gasteiger partial charge in [0.05, 0.1) is 0 Å². The molecule has 2 nitrogen and oxygen atoms in total. The molecule has 1 rings (SSSR count). The molecule has 0 fully saturated rings. The standard InChI is InChI=1S/C13H21NO/c1-11-6-7-13(12(2)10-11)14-8-4-3-5-9-15/h6-7,10,14-15H,3-5,8-9H2,1-2H3. The molecule has 0 spiro atoms. The zero-order chi connectivity index (χ0) is 11.1. The fourth-order valence-electron chi connectivity index (χ4n) is 1.65. The van der Waals surface area contributed by atoms with Gasteiger partial charge in [0.25, 0.3) is 0 Å². The van der Waals surface area contributed by atoms with Crippen molar-refractivity contribution in [3.63, 3.8) is 0 Å². The van der Waals surface area contributed by atoms with E-state index in [1.807, 2.05) is 0 Å². The van der Waals surface area contributed by atoms with Gasteiger partial charge in [-0.2, -0.15) is 0 Å². The second-order valence-corrected chi connectivity index (χ2v) is 4.03. The maximum atomic E-state index is 8.64. The Morgan fingerprint density at radius 1 is 1.13 bits per heavy atom. The Balaban J connectivity index is 2.31. The molecule has 0 heterocycles. The number of aliphatic hydroxyl groups excluding tert-OH is 1. The minimum absolute atomic E-state index is 0.309. The monoisotopic (exact) mass is 207 g/mol. The molecule has 2 heteroatoms. The lowest BCUT2D eigenvalue weighted by atomic mass is 10.1. The lowest BCUT2D eigenvalue weighted by Crippen LogP contribution is -2.03. The van der Waals surface area contributed by atoms with Gasteiger partial charge in [-0.15, -0.1) is 0 Å². The highest BCUT2D eigenvalue weighted by Crippen LogP contribution is 2.15. The molecule has 0 aromatic heterocycles. The van der Waals surface area contributed by atoms with Crippen molar-refractivity contribution in [1.29, 1.82) is 0 Å². The lowest BCUT2D eigenvalue weighted by Gasteiger charge is -2.09. The molecular formula is C13H21NO. The van der Waals surface area contributed by atoms with Gasteiger partial charge in [-0.05, 0) is 44.7 Å². The Kier molecular flexibility index (Phi) is 5.19. The molecule has 2 N–H and O–H groups in total. The van der Waals surface area contributed by atoms with Crippen LogP contribution in [0.2, 0.25) is 0 Å². The Labute approximate surface area is 92.3 Å². The topological polar surface area (TPSA) is 32.3 Å². The van der Waals surface area contributed by atoms with E-state index in [4.69, 9.17) is 5.11 Å². The fourth-order valence-corrected chi connectivity index (χ4v) is 1.65. The number of nitrogens with one attached hydrogen (secondary N) is 1. The highest BCUT2D eigenvalue weighted by atomic mass is 16.2. The first-order valence-corrected chi connectivity index (χ1v) is 5.66. The van der Waals surface area contributed by atoms with Crippen molar-refractivity contribution in [3.05, 3.63) is 29.3 Å². The van der Waals surface area contributed by atoms with Crippen molar-refractivity contribution in [1.82, 2.24) is 0 Å². The summed E-state index contributed by atoms with van der Waals surface area (Å²) in [5.74, 6) is 0. The maximum Gasteiger partial charge on any atom is 0.0431 e. The van der Waals surface area contributed by atoms with E-state index in [-0.39, 0.29) is 0 Å². The minimum atomic E-state index is 0.309. The van der Waals surface area contributed by atoms with Gasteiger partial charge < -0.3 is 10.4 Å². The van der Waals surface area contributed by atoms with Gasteiger partial charge in [-0.1, -0.05) is 17.7 Å². The molecule has 84 valence electrons. The van der Waals surface area contributed by atoms with Gasteiger partial charge in [0, 0.05) is 18.8 Å². The number of aliphatic hydroxyl groups is 1. The predicted molar refractivity (Wildman–Crippen MR) is 65.3 cm³/mol. The highest BCUT2D eigenvalue weighted by Gasteiger charge is 1.96. The summed E-state index contributed by atoms with van der Waals surface area (Å²) in [5, 5.41) is 12.1. The van der Waals surface area contributed by atoms with Crippen LogP contribution in [0, 0.1) is 13.8 Å². The van der Waals surface area contributed by atoms with Crippen molar-refractivity contribution in [2.24, 2.45) is 0 Å². The van der Waals surface area contributed by atoms with E-state index < -0.39 is 0 Å². The smallest absolute Gasteiger partial charge is 0.0431 e. The molecule has 15 heavy (non-hydrogen) atoms. The summed E-state index contributed by atoms with van der Waals surface area (Å²) in [4.78, 5) is 0. The van der Waals surface area contributed by atoms with Crippen LogP contribution in [0.25, 0.3) is 0 Å². The number of hydrogen-bond acceptors (Lipinski definition) is 2. The summed E-state index contributed by atoms with van der Waals surface area (Å²) in [7, 11) is 0. The Morgan fingerprint density at radius 2 is 1.93 bits per heavy atom. The molecule has 0 aliphatic heterocycles. The van der Waals surface area contributed by atoms with Crippen LogP contribution in [-0.2, 0) is 0 Å². The van der Waals surface area contributed by atoms with Crippen LogP contribution in [0.4, 0.5) is 5.69 Å². The van der Waals surface area contributed by atoms with E-state index in [0.717, 1.165) is 25.8 Å². The van der Waals surface area contributed by atoms with E-state index in [2.05, 4.69) is 37.4 Å². The van der Waals surface area contributed by atoms with Crippen molar-refractivity contribution < 1.29 is 5.11 Å². The number of hydrogen-bond donors (Lipinski definition) is 2. The summed E-state index contributed by atoms with van der Waals surface area (Å²) in [5.41, 5.74) is 3.83. The van der Waals surface area contributed by atoms with E-state index >= 15 is 0 Å². The summed E-state index contributed by atoms with van der Waals surface area (Å²) in [6, 6.07) is 6.45. The zero-order valence-electron chi connectivity index (χ0n) is 9.71. The maximum absolute atomic E-state index is 8.64. The van der Waals surface area contributed by atoms with Gasteiger partial charge in [-0.3, -0.25) is 0 Å². The average Bonchev–Trinajstić information content (AvgIpc) is 2.20. The fraction of sp³-hybridized carbons (Fsp3) is 0.538. The summed E-state index contributed by atoms with van der Waals surface area (Å²) in [6.45, 7) is 5.54. The van der Waals surface area contributed by atoms with Gasteiger partial charge in [-0.25, -0.2) is 0 Å². The second kappa shape index (κ2) is 6.46. The highest BCUT2D eigenvalue weighted by molar-refractivity contribution is 5.51. The molecule has 0 bridgehead atoms. The number of aryl methyl sites for hydroxylation is 2. The van der Waals surface area contributed by atoms with Crippen LogP contribution in [-0.4, -0.2) is 18.3 Å². The minimum Gasteiger partial charge on any atom is -0.396 e. The molecule has 1 aromatic carbocycles. The molecule has 0 aliphatic carbocycles. The summed E-state index contributed by atoms with van der Waals surface area (Å²) in [6.07, 6.45) is 3.12. The first-order chi connectivity index (χ1) is 7.24. The van der Waals surface area contributed by atoms with E-state index in [1.165, 1.54) is 16.8 Å². The van der Waals surface area contributed by atoms with Crippen molar-refractivity contribution in [2.75, 3.05) is 18.5 Å². The van der Waals surface area contributed by atoms with E-state index in [0.29, 0.717) is 6.61 Å². The lowest BCUT2D eigenvalue weighted by molar-refractivity contribution is 0.283. The number of rotatable bonds is 6. The largest absolute Gasteiger partial charge is 0.396 e. The molecule has 0 atom stereocenters. The van der Waals surface area contributed by atoms with Crippen molar-refractivity contribution >= 4 is 5.69 Å². The third-order valence-electron chi connectivity index (χ3n) is 2.53. The summed E-state index contributed by atoms with van der Waals surface area (Å²) >= 11 is 0. The van der Waals surface area contributed by atoms with Crippen molar-refractivity contribution in [3.8, 4) is 0 Å². The predicted octanol–water partition coefficient (Wildman–Crippen LogP) is 2.88. The Hall–Kier alpha value is -1.02. The van der Waals surface area contributed by atoms with Gasteiger partial charge in [0.15, 0.2) is 0 Å². The van der Waals surface area contributed by atoms with Crippen LogP contribution in [0.5, 0.6) is 0 Å². The Bertz CT molecular complexity index is 297. The third-order valence-corrected chi connectivity index (χ3v) is 2.53. The second-order valence-electron chi connectivity index (χ2n) is 4.03. The van der Waals surface area contributed by atoms with Crippen LogP contribution in [0.15, 0.2) is 18.2 Å². The molecule has 0 unspecified atom stereocenters. The Morgan fingerprint density at radius 3 is 2.60 bits per heavy atom. The van der Waals surface area contributed by atoms with Crippen LogP contribution >= 0.6 is 0 Å². The number of unbranched alkanes of at least 4 members (excludes halogenated alkanes) is 2. The molecule has 0 radical (unpaired) electrons. The molecule has 0 aliphatic rings. The molecule has 0 saturated heterocycles. The van der Waals surface area contributed by atoms with Crippen LogP contribution < -0.4 is 5.32 Å². The third kappa shape index (κ3) is 4.34. The number of benzene rings is 1. The molecule has 0 amide bonds. The average molecular weight is 207 g/mol. The van der Waals surface area contributed by atoms with Gasteiger partial charge in [0.2, 0.25) is 0 Å². The SMILES string of the molecule is Cc1ccc(NCCCCCO)c(C)c1. The van der Waals surface area contributed by atoms with Crippen LogP contribution in [0.1, 0.15) is 30.4 Å². The summed E-state index contributed by atoms with van der Waals surface area (Å²) < 4.78 is 0. The van der Waals surface area contributed by atoms with Crippen LogP contribution in [0.3, 0.4) is 0 Å². The first-order valence-electron chi connectivity index (χ1n) is 5.66. The zero-order valence-corrected chi connectivity index (χ0v) is 9.71. The van der Waals surface area contributed by atoms with E-state index in [9.17, 15) is 0 Å². The normalized spacial score (nSPS) is 10.3. The van der Waals surface area contributed by atoms with E-state index in [1.54, 1.807) is 0 Å². The number of anilines is 1. The quantitative estimate of drug-likeness (QED) is 0.703. The molecule has 1 aromatic rings. The van der Waals surface area contributed by atoms with Crippen molar-refractivity contribution in [2.45, 2.75) is 33.1 Å². The first kappa shape index (κ1) is 12.1. The molecule has 0 saturated carbocycles. The molecular weight excluding hydrogens is 186 g/mol. The van der Waals surface area contributed by atoms with Gasteiger partial charge in [0.1, 0.15) is 0 Å². The van der Waals surface area contributed by atoms with Gasteiger partial charge >= 0.3 is 0 Å².